The lowest BCUT2D eigenvalue weighted by Crippen LogP contribution is -2.22. The van der Waals surface area contributed by atoms with Crippen LogP contribution in [0.3, 0.4) is 0 Å². The summed E-state index contributed by atoms with van der Waals surface area (Å²) in [5, 5.41) is 1.19. The summed E-state index contributed by atoms with van der Waals surface area (Å²) in [5.74, 6) is -3.01. The van der Waals surface area contributed by atoms with Crippen LogP contribution in [-0.2, 0) is 15.6 Å². The fourth-order valence-corrected chi connectivity index (χ4v) is 4.65. The fraction of sp³-hybridized carbons (Fsp3) is 0.263. The first-order valence-electron chi connectivity index (χ1n) is 8.63. The smallest absolute Gasteiger partial charge is 0.284 e. The SMILES string of the molecule is O=c1c2ccccc2nc(SCc2ccc(S(=O)(=O)C(F)F)cc2)n1C1CC1. The Kier molecular flexibility index (Phi) is 4.96. The van der Waals surface area contributed by atoms with Crippen molar-refractivity contribution in [3.05, 3.63) is 64.4 Å². The summed E-state index contributed by atoms with van der Waals surface area (Å²) in [5.41, 5.74) is 1.32. The Labute approximate surface area is 164 Å². The van der Waals surface area contributed by atoms with Gasteiger partial charge in [0.15, 0.2) is 5.16 Å². The minimum atomic E-state index is -4.60. The summed E-state index contributed by atoms with van der Waals surface area (Å²) >= 11 is 1.37. The molecule has 0 amide bonds. The van der Waals surface area contributed by atoms with Gasteiger partial charge in [-0.2, -0.15) is 8.78 Å². The molecule has 0 aliphatic heterocycles. The predicted molar refractivity (Wildman–Crippen MR) is 103 cm³/mol. The maximum absolute atomic E-state index is 12.8. The van der Waals surface area contributed by atoms with E-state index in [1.807, 2.05) is 12.1 Å². The Hall–Kier alpha value is -2.26. The van der Waals surface area contributed by atoms with Crippen molar-refractivity contribution < 1.29 is 17.2 Å². The van der Waals surface area contributed by atoms with Crippen molar-refractivity contribution in [2.45, 2.75) is 40.4 Å². The number of para-hydroxylation sites is 1. The first-order valence-corrected chi connectivity index (χ1v) is 11.2. The molecule has 0 bridgehead atoms. The van der Waals surface area contributed by atoms with E-state index in [0.717, 1.165) is 18.4 Å². The van der Waals surface area contributed by atoms with Crippen molar-refractivity contribution >= 4 is 32.5 Å². The van der Waals surface area contributed by atoms with Gasteiger partial charge in [0.05, 0.1) is 15.8 Å². The number of sulfone groups is 1. The lowest BCUT2D eigenvalue weighted by atomic mass is 10.2. The first-order chi connectivity index (χ1) is 13.4. The van der Waals surface area contributed by atoms with Crippen LogP contribution in [-0.4, -0.2) is 23.7 Å². The Morgan fingerprint density at radius 2 is 1.79 bits per heavy atom. The maximum Gasteiger partial charge on any atom is 0.341 e. The molecular formula is C19H16F2N2O3S2. The fourth-order valence-electron chi connectivity index (χ4n) is 2.91. The molecular weight excluding hydrogens is 406 g/mol. The van der Waals surface area contributed by atoms with Crippen molar-refractivity contribution in [2.75, 3.05) is 0 Å². The van der Waals surface area contributed by atoms with Crippen LogP contribution in [0.25, 0.3) is 10.9 Å². The highest BCUT2D eigenvalue weighted by Crippen LogP contribution is 2.37. The standard InChI is InChI=1S/C19H16F2N2O3S2/c20-18(21)28(25,26)14-9-5-12(6-10-14)11-27-19-22-16-4-2-1-3-15(16)17(24)23(19)13-7-8-13/h1-6,9-10,13,18H,7-8,11H2. The number of nitrogens with zero attached hydrogens (tertiary/aromatic N) is 2. The number of hydrogen-bond donors (Lipinski definition) is 0. The van der Waals surface area contributed by atoms with E-state index in [4.69, 9.17) is 0 Å². The van der Waals surface area contributed by atoms with E-state index in [1.54, 1.807) is 16.7 Å². The highest BCUT2D eigenvalue weighted by atomic mass is 32.2. The predicted octanol–water partition coefficient (Wildman–Crippen LogP) is 4.02. The molecule has 5 nitrogen and oxygen atoms in total. The second kappa shape index (κ2) is 7.29. The van der Waals surface area contributed by atoms with E-state index in [1.165, 1.54) is 36.0 Å². The van der Waals surface area contributed by atoms with Crippen LogP contribution >= 0.6 is 11.8 Å². The molecule has 1 saturated carbocycles. The van der Waals surface area contributed by atoms with Gasteiger partial charge in [0.25, 0.3) is 5.56 Å². The summed E-state index contributed by atoms with van der Waals surface area (Å²) in [4.78, 5) is 17.0. The molecule has 0 N–H and O–H groups in total. The molecule has 4 rings (SSSR count). The summed E-state index contributed by atoms with van der Waals surface area (Å²) in [6, 6.07) is 12.7. The third-order valence-corrected chi connectivity index (χ3v) is 6.96. The molecule has 9 heteroatoms. The molecule has 1 heterocycles. The van der Waals surface area contributed by atoms with Gasteiger partial charge in [-0.05, 0) is 42.7 Å². The highest BCUT2D eigenvalue weighted by molar-refractivity contribution is 7.98. The Bertz CT molecular complexity index is 1190. The average molecular weight is 422 g/mol. The van der Waals surface area contributed by atoms with Crippen LogP contribution in [0.4, 0.5) is 8.78 Å². The van der Waals surface area contributed by atoms with Gasteiger partial charge in [-0.1, -0.05) is 36.0 Å². The topological polar surface area (TPSA) is 69.0 Å². The van der Waals surface area contributed by atoms with Gasteiger partial charge in [-0.25, -0.2) is 13.4 Å². The number of hydrogen-bond acceptors (Lipinski definition) is 5. The molecule has 1 aromatic heterocycles. The van der Waals surface area contributed by atoms with Gasteiger partial charge in [0.2, 0.25) is 9.84 Å². The van der Waals surface area contributed by atoms with E-state index in [0.29, 0.717) is 21.8 Å². The molecule has 1 fully saturated rings. The number of aromatic nitrogens is 2. The molecule has 0 saturated heterocycles. The highest BCUT2D eigenvalue weighted by Gasteiger charge is 2.29. The van der Waals surface area contributed by atoms with Crippen LogP contribution < -0.4 is 5.56 Å². The molecule has 0 spiro atoms. The van der Waals surface area contributed by atoms with Gasteiger partial charge in [0.1, 0.15) is 0 Å². The first kappa shape index (κ1) is 19.1. The zero-order valence-electron chi connectivity index (χ0n) is 14.6. The maximum atomic E-state index is 12.8. The largest absolute Gasteiger partial charge is 0.341 e. The molecule has 0 radical (unpaired) electrons. The number of benzene rings is 2. The average Bonchev–Trinajstić information content (AvgIpc) is 3.51. The van der Waals surface area contributed by atoms with E-state index in [9.17, 15) is 22.0 Å². The molecule has 1 aliphatic rings. The Morgan fingerprint density at radius 1 is 1.11 bits per heavy atom. The van der Waals surface area contributed by atoms with Gasteiger partial charge in [-0.3, -0.25) is 9.36 Å². The number of halogens is 2. The van der Waals surface area contributed by atoms with Crippen molar-refractivity contribution in [3.8, 4) is 0 Å². The molecule has 3 aromatic rings. The lowest BCUT2D eigenvalue weighted by molar-refractivity contribution is 0.234. The van der Waals surface area contributed by atoms with Crippen LogP contribution in [0.2, 0.25) is 0 Å². The van der Waals surface area contributed by atoms with Crippen molar-refractivity contribution in [3.63, 3.8) is 0 Å². The van der Waals surface area contributed by atoms with Crippen LogP contribution in [0.5, 0.6) is 0 Å². The number of alkyl halides is 2. The molecule has 0 unspecified atom stereocenters. The minimum absolute atomic E-state index is 0.0611. The zero-order chi connectivity index (χ0) is 19.9. The van der Waals surface area contributed by atoms with Crippen molar-refractivity contribution in [1.29, 1.82) is 0 Å². The number of fused-ring (bicyclic) bond motifs is 1. The summed E-state index contributed by atoms with van der Waals surface area (Å²) in [6.07, 6.45) is 1.88. The normalized spacial score (nSPS) is 14.7. The van der Waals surface area contributed by atoms with Crippen LogP contribution in [0, 0.1) is 0 Å². The van der Waals surface area contributed by atoms with Crippen LogP contribution in [0.1, 0.15) is 24.4 Å². The minimum Gasteiger partial charge on any atom is -0.284 e. The molecule has 2 aromatic carbocycles. The molecule has 146 valence electrons. The van der Waals surface area contributed by atoms with Gasteiger partial charge in [-0.15, -0.1) is 0 Å². The van der Waals surface area contributed by atoms with Crippen molar-refractivity contribution in [2.24, 2.45) is 0 Å². The monoisotopic (exact) mass is 422 g/mol. The van der Waals surface area contributed by atoms with Crippen LogP contribution in [0.15, 0.2) is 63.4 Å². The number of thioether (sulfide) groups is 1. The van der Waals surface area contributed by atoms with E-state index >= 15 is 0 Å². The quantitative estimate of drug-likeness (QED) is 0.443. The Morgan fingerprint density at radius 3 is 2.43 bits per heavy atom. The second-order valence-corrected chi connectivity index (χ2v) is 9.42. The summed E-state index contributed by atoms with van der Waals surface area (Å²) in [6.45, 7) is 0. The summed E-state index contributed by atoms with van der Waals surface area (Å²) < 4.78 is 50.0. The zero-order valence-corrected chi connectivity index (χ0v) is 16.2. The van der Waals surface area contributed by atoms with E-state index in [-0.39, 0.29) is 11.6 Å². The van der Waals surface area contributed by atoms with Gasteiger partial charge < -0.3 is 0 Å². The van der Waals surface area contributed by atoms with Gasteiger partial charge in [0, 0.05) is 11.8 Å². The second-order valence-electron chi connectivity index (χ2n) is 6.56. The number of rotatable bonds is 6. The van der Waals surface area contributed by atoms with E-state index in [2.05, 4.69) is 4.98 Å². The molecule has 0 atom stereocenters. The summed E-state index contributed by atoms with van der Waals surface area (Å²) in [7, 11) is -4.60. The third-order valence-electron chi connectivity index (χ3n) is 4.54. The molecule has 28 heavy (non-hydrogen) atoms. The van der Waals surface area contributed by atoms with E-state index < -0.39 is 20.5 Å². The third kappa shape index (κ3) is 3.56. The van der Waals surface area contributed by atoms with Crippen molar-refractivity contribution in [1.82, 2.24) is 9.55 Å². The Balaban J connectivity index is 1.61. The lowest BCUT2D eigenvalue weighted by Gasteiger charge is -2.12. The van der Waals surface area contributed by atoms with Gasteiger partial charge >= 0.3 is 5.76 Å². The molecule has 1 aliphatic carbocycles.